The summed E-state index contributed by atoms with van der Waals surface area (Å²) >= 11 is 1.35. The number of nitrogens with zero attached hydrogens (tertiary/aromatic N) is 2. The number of rotatable bonds is 4. The van der Waals surface area contributed by atoms with Gasteiger partial charge in [0, 0.05) is 12.8 Å². The summed E-state index contributed by atoms with van der Waals surface area (Å²) in [5.74, 6) is 0.881. The van der Waals surface area contributed by atoms with E-state index in [9.17, 15) is 0 Å². The maximum atomic E-state index is 5.36. The lowest BCUT2D eigenvalue weighted by atomic mass is 10.2. The Morgan fingerprint density at radius 3 is 2.68 bits per heavy atom. The summed E-state index contributed by atoms with van der Waals surface area (Å²) in [4.78, 5) is 4.40. The molecule has 3 nitrogen and oxygen atoms in total. The van der Waals surface area contributed by atoms with Gasteiger partial charge in [-0.2, -0.15) is 0 Å². The second-order valence-electron chi connectivity index (χ2n) is 4.26. The third-order valence-electron chi connectivity index (χ3n) is 2.98. The Hall–Kier alpha value is -1.94. The van der Waals surface area contributed by atoms with E-state index in [-0.39, 0.29) is 0 Å². The molecular weight excluding hydrogens is 256 g/mol. The Morgan fingerprint density at radius 1 is 1.11 bits per heavy atom. The number of benzene rings is 2. The zero-order valence-corrected chi connectivity index (χ0v) is 11.4. The van der Waals surface area contributed by atoms with E-state index in [0.717, 1.165) is 23.3 Å². The van der Waals surface area contributed by atoms with Gasteiger partial charge in [-0.25, -0.2) is 4.98 Å². The van der Waals surface area contributed by atoms with Crippen LogP contribution >= 0.6 is 12.0 Å². The largest absolute Gasteiger partial charge is 0.426 e. The van der Waals surface area contributed by atoms with Crippen LogP contribution in [0.15, 0.2) is 54.9 Å². The number of fused-ring (bicyclic) bond motifs is 1. The van der Waals surface area contributed by atoms with Crippen molar-refractivity contribution < 1.29 is 4.18 Å². The molecule has 0 amide bonds. The van der Waals surface area contributed by atoms with Crippen LogP contribution in [0.25, 0.3) is 11.0 Å². The summed E-state index contributed by atoms with van der Waals surface area (Å²) in [6, 6.07) is 16.3. The van der Waals surface area contributed by atoms with Crippen molar-refractivity contribution in [1.82, 2.24) is 9.55 Å². The molecule has 0 unspecified atom stereocenters. The van der Waals surface area contributed by atoms with Crippen molar-refractivity contribution in [3.63, 3.8) is 0 Å². The highest BCUT2D eigenvalue weighted by Crippen LogP contribution is 2.18. The van der Waals surface area contributed by atoms with E-state index in [1.165, 1.54) is 17.6 Å². The van der Waals surface area contributed by atoms with E-state index in [0.29, 0.717) is 0 Å². The number of hydrogen-bond donors (Lipinski definition) is 0. The molecule has 0 aliphatic rings. The van der Waals surface area contributed by atoms with Crippen LogP contribution in [0.2, 0.25) is 0 Å². The van der Waals surface area contributed by atoms with Gasteiger partial charge in [0.1, 0.15) is 5.75 Å². The van der Waals surface area contributed by atoms with Crippen LogP contribution in [-0.2, 0) is 6.54 Å². The van der Waals surface area contributed by atoms with Crippen LogP contribution in [0.1, 0.15) is 5.56 Å². The minimum absolute atomic E-state index is 0.820. The first-order valence-corrected chi connectivity index (χ1v) is 7.21. The van der Waals surface area contributed by atoms with E-state index in [1.807, 2.05) is 42.9 Å². The number of hydrogen-bond acceptors (Lipinski definition) is 3. The lowest BCUT2D eigenvalue weighted by Crippen LogP contribution is -1.97. The quantitative estimate of drug-likeness (QED) is 0.676. The van der Waals surface area contributed by atoms with Crippen LogP contribution in [-0.4, -0.2) is 15.8 Å². The molecule has 19 heavy (non-hydrogen) atoms. The molecule has 3 aromatic rings. The smallest absolute Gasteiger partial charge is 0.137 e. The molecular formula is C15H14N2OS. The highest BCUT2D eigenvalue weighted by Gasteiger charge is 2.02. The van der Waals surface area contributed by atoms with E-state index >= 15 is 0 Å². The van der Waals surface area contributed by atoms with Gasteiger partial charge in [-0.1, -0.05) is 24.3 Å². The summed E-state index contributed by atoms with van der Waals surface area (Å²) < 4.78 is 7.52. The highest BCUT2D eigenvalue weighted by molar-refractivity contribution is 7.94. The molecule has 0 aliphatic heterocycles. The van der Waals surface area contributed by atoms with Crippen molar-refractivity contribution in [3.8, 4) is 5.75 Å². The summed E-state index contributed by atoms with van der Waals surface area (Å²) in [7, 11) is 0. The summed E-state index contributed by atoms with van der Waals surface area (Å²) in [6.07, 6.45) is 3.79. The second kappa shape index (κ2) is 5.36. The molecule has 0 aliphatic carbocycles. The van der Waals surface area contributed by atoms with Gasteiger partial charge in [0.15, 0.2) is 0 Å². The van der Waals surface area contributed by atoms with Gasteiger partial charge in [0.25, 0.3) is 0 Å². The topological polar surface area (TPSA) is 27.1 Å². The molecule has 1 aromatic heterocycles. The van der Waals surface area contributed by atoms with Crippen LogP contribution in [0, 0.1) is 0 Å². The third-order valence-corrected chi connectivity index (χ3v) is 3.34. The predicted octanol–water partition coefficient (Wildman–Crippen LogP) is 3.74. The monoisotopic (exact) mass is 270 g/mol. The minimum Gasteiger partial charge on any atom is -0.426 e. The Labute approximate surface area is 116 Å². The fraction of sp³-hybridized carbons (Fsp3) is 0.133. The van der Waals surface area contributed by atoms with Crippen molar-refractivity contribution in [2.24, 2.45) is 0 Å². The Kier molecular flexibility index (Phi) is 3.42. The molecule has 2 aromatic carbocycles. The SMILES string of the molecule is CSOc1ccc(Cn2cnc3ccccc32)cc1. The van der Waals surface area contributed by atoms with E-state index in [4.69, 9.17) is 4.18 Å². The third kappa shape index (κ3) is 2.58. The van der Waals surface area contributed by atoms with Gasteiger partial charge in [-0.3, -0.25) is 0 Å². The van der Waals surface area contributed by atoms with Crippen LogP contribution in [0.5, 0.6) is 5.75 Å². The minimum atomic E-state index is 0.820. The van der Waals surface area contributed by atoms with Gasteiger partial charge in [0.05, 0.1) is 29.4 Å². The van der Waals surface area contributed by atoms with Gasteiger partial charge in [-0.05, 0) is 29.8 Å². The number of imidazole rings is 1. The average molecular weight is 270 g/mol. The van der Waals surface area contributed by atoms with E-state index in [2.05, 4.69) is 27.8 Å². The lowest BCUT2D eigenvalue weighted by molar-refractivity contribution is 0.649. The molecule has 0 radical (unpaired) electrons. The molecule has 0 N–H and O–H groups in total. The van der Waals surface area contributed by atoms with Crippen molar-refractivity contribution >= 4 is 23.1 Å². The summed E-state index contributed by atoms with van der Waals surface area (Å²) in [5, 5.41) is 0. The fourth-order valence-electron chi connectivity index (χ4n) is 2.08. The van der Waals surface area contributed by atoms with Crippen molar-refractivity contribution in [2.75, 3.05) is 6.26 Å². The van der Waals surface area contributed by atoms with E-state index in [1.54, 1.807) is 0 Å². The zero-order chi connectivity index (χ0) is 13.1. The van der Waals surface area contributed by atoms with Gasteiger partial charge in [0.2, 0.25) is 0 Å². The number of para-hydroxylation sites is 2. The Bertz CT molecular complexity index is 676. The predicted molar refractivity (Wildman–Crippen MR) is 79.4 cm³/mol. The fourth-order valence-corrected chi connectivity index (χ4v) is 2.38. The molecule has 1 heterocycles. The van der Waals surface area contributed by atoms with Gasteiger partial charge < -0.3 is 8.75 Å². The van der Waals surface area contributed by atoms with Crippen molar-refractivity contribution in [3.05, 3.63) is 60.4 Å². The van der Waals surface area contributed by atoms with Crippen LogP contribution in [0.3, 0.4) is 0 Å². The molecule has 4 heteroatoms. The average Bonchev–Trinajstić information content (AvgIpc) is 2.85. The maximum absolute atomic E-state index is 5.36. The number of aromatic nitrogens is 2. The molecule has 96 valence electrons. The molecule has 3 rings (SSSR count). The Morgan fingerprint density at radius 2 is 1.89 bits per heavy atom. The summed E-state index contributed by atoms with van der Waals surface area (Å²) in [6.45, 7) is 0.820. The molecule has 0 saturated carbocycles. The molecule has 0 atom stereocenters. The van der Waals surface area contributed by atoms with Crippen LogP contribution < -0.4 is 4.18 Å². The molecule has 0 saturated heterocycles. The lowest BCUT2D eigenvalue weighted by Gasteiger charge is -2.06. The van der Waals surface area contributed by atoms with Crippen LogP contribution in [0.4, 0.5) is 0 Å². The second-order valence-corrected chi connectivity index (χ2v) is 4.76. The van der Waals surface area contributed by atoms with Gasteiger partial charge in [-0.15, -0.1) is 0 Å². The highest BCUT2D eigenvalue weighted by atomic mass is 32.2. The molecule has 0 bridgehead atoms. The van der Waals surface area contributed by atoms with Crippen molar-refractivity contribution in [1.29, 1.82) is 0 Å². The zero-order valence-electron chi connectivity index (χ0n) is 10.6. The standard InChI is InChI=1S/C15H14N2OS/c1-19-18-13-8-6-12(7-9-13)10-17-11-16-14-4-2-3-5-15(14)17/h2-9,11H,10H2,1H3. The normalized spacial score (nSPS) is 10.8. The maximum Gasteiger partial charge on any atom is 0.137 e. The Balaban J connectivity index is 1.84. The van der Waals surface area contributed by atoms with E-state index < -0.39 is 0 Å². The molecule has 0 spiro atoms. The summed E-state index contributed by atoms with van der Waals surface area (Å²) in [5.41, 5.74) is 3.42. The van der Waals surface area contributed by atoms with Crippen molar-refractivity contribution in [2.45, 2.75) is 6.54 Å². The first-order chi connectivity index (χ1) is 9.36. The van der Waals surface area contributed by atoms with Gasteiger partial charge >= 0.3 is 0 Å². The first kappa shape index (κ1) is 12.1. The first-order valence-electron chi connectivity index (χ1n) is 6.06. The molecule has 0 fully saturated rings.